The van der Waals surface area contributed by atoms with Crippen LogP contribution in [0.4, 0.5) is 0 Å². The van der Waals surface area contributed by atoms with Crippen LogP contribution in [0.2, 0.25) is 5.02 Å². The maximum absolute atomic E-state index is 12.9. The Morgan fingerprint density at radius 3 is 2.45 bits per heavy atom. The minimum absolute atomic E-state index is 0.146. The van der Waals surface area contributed by atoms with Crippen LogP contribution < -0.4 is 5.32 Å². The van der Waals surface area contributed by atoms with Gasteiger partial charge in [0.2, 0.25) is 0 Å². The number of benzene rings is 2. The second-order valence-electron chi connectivity index (χ2n) is 7.12. The van der Waals surface area contributed by atoms with Crippen LogP contribution in [0.25, 0.3) is 16.7 Å². The molecule has 2 heterocycles. The molecule has 1 N–H and O–H groups in total. The van der Waals surface area contributed by atoms with Crippen LogP contribution in [0.1, 0.15) is 40.1 Å². The quantitative estimate of drug-likeness (QED) is 0.509. The van der Waals surface area contributed by atoms with Crippen molar-refractivity contribution in [3.05, 3.63) is 88.2 Å². The summed E-state index contributed by atoms with van der Waals surface area (Å²) in [7, 11) is 0. The first-order valence-corrected chi connectivity index (χ1v) is 9.80. The summed E-state index contributed by atoms with van der Waals surface area (Å²) in [4.78, 5) is 17.4. The molecule has 29 heavy (non-hydrogen) atoms. The first-order chi connectivity index (χ1) is 14.0. The number of amides is 1. The molecule has 146 valence electrons. The molecule has 4 aromatic rings. The highest BCUT2D eigenvalue weighted by Gasteiger charge is 2.21. The fourth-order valence-corrected chi connectivity index (χ4v) is 3.69. The molecule has 0 spiro atoms. The van der Waals surface area contributed by atoms with Gasteiger partial charge in [0, 0.05) is 6.20 Å². The Labute approximate surface area is 174 Å². The molecule has 0 saturated carbocycles. The maximum Gasteiger partial charge on any atom is 0.254 e. The fourth-order valence-electron chi connectivity index (χ4n) is 3.33. The Morgan fingerprint density at radius 2 is 1.76 bits per heavy atom. The molecule has 6 heteroatoms. The van der Waals surface area contributed by atoms with Crippen LogP contribution in [0.3, 0.4) is 0 Å². The van der Waals surface area contributed by atoms with E-state index in [4.69, 9.17) is 11.6 Å². The minimum Gasteiger partial charge on any atom is -0.345 e. The van der Waals surface area contributed by atoms with Crippen LogP contribution in [-0.2, 0) is 0 Å². The number of fused-ring (bicyclic) bond motifs is 1. The molecular weight excluding hydrogens is 384 g/mol. The normalized spacial score (nSPS) is 12.1. The molecule has 0 aliphatic rings. The summed E-state index contributed by atoms with van der Waals surface area (Å²) in [5, 5.41) is 8.64. The Balaban J connectivity index is 1.70. The molecule has 1 atom stereocenters. The number of carbonyl (C=O) groups excluding carboxylic acids is 1. The number of hydrogen-bond donors (Lipinski definition) is 1. The number of nitrogens with zero attached hydrogens (tertiary/aromatic N) is 3. The topological polar surface area (TPSA) is 59.8 Å². The summed E-state index contributed by atoms with van der Waals surface area (Å²) in [6, 6.07) is 17.7. The van der Waals surface area contributed by atoms with Gasteiger partial charge >= 0.3 is 0 Å². The average molecular weight is 405 g/mol. The van der Waals surface area contributed by atoms with Gasteiger partial charge in [-0.15, -0.1) is 0 Å². The van der Waals surface area contributed by atoms with E-state index in [9.17, 15) is 4.79 Å². The lowest BCUT2D eigenvalue weighted by Gasteiger charge is -2.15. The van der Waals surface area contributed by atoms with Crippen molar-refractivity contribution in [1.29, 1.82) is 0 Å². The predicted molar refractivity (Wildman–Crippen MR) is 116 cm³/mol. The van der Waals surface area contributed by atoms with Gasteiger partial charge in [0.05, 0.1) is 33.4 Å². The molecule has 0 saturated heterocycles. The number of carbonyl (C=O) groups is 1. The second kappa shape index (κ2) is 7.68. The van der Waals surface area contributed by atoms with E-state index < -0.39 is 0 Å². The molecule has 2 aromatic carbocycles. The highest BCUT2D eigenvalue weighted by Crippen LogP contribution is 2.30. The van der Waals surface area contributed by atoms with Crippen LogP contribution in [0.5, 0.6) is 0 Å². The molecule has 0 unspecified atom stereocenters. The Kier molecular flexibility index (Phi) is 5.07. The zero-order valence-corrected chi connectivity index (χ0v) is 17.2. The number of nitrogens with one attached hydrogen (secondary N) is 1. The molecule has 4 rings (SSSR count). The number of pyridine rings is 1. The van der Waals surface area contributed by atoms with E-state index in [1.807, 2.05) is 75.4 Å². The van der Waals surface area contributed by atoms with E-state index >= 15 is 0 Å². The van der Waals surface area contributed by atoms with Crippen molar-refractivity contribution >= 4 is 28.5 Å². The van der Waals surface area contributed by atoms with Crippen molar-refractivity contribution in [2.45, 2.75) is 26.8 Å². The summed E-state index contributed by atoms with van der Waals surface area (Å²) in [5.74, 6) is -0.261. The van der Waals surface area contributed by atoms with Gasteiger partial charge in [0.1, 0.15) is 0 Å². The third-order valence-electron chi connectivity index (χ3n) is 4.98. The standard InChI is InChI=1S/C23H21ClN4O/c1-14-9-11-18(12-10-14)28-22-20(16(3)27-28)21(24)19(13-25-22)23(29)26-15(2)17-7-5-4-6-8-17/h4-13,15H,1-3H3,(H,26,29)/t15-/m1/s1. The van der Waals surface area contributed by atoms with Gasteiger partial charge in [-0.1, -0.05) is 59.6 Å². The van der Waals surface area contributed by atoms with Crippen LogP contribution in [0, 0.1) is 13.8 Å². The van der Waals surface area contributed by atoms with E-state index in [0.717, 1.165) is 16.9 Å². The van der Waals surface area contributed by atoms with Gasteiger partial charge in [-0.2, -0.15) is 5.10 Å². The largest absolute Gasteiger partial charge is 0.345 e. The van der Waals surface area contributed by atoms with Gasteiger partial charge < -0.3 is 5.32 Å². The van der Waals surface area contributed by atoms with Crippen molar-refractivity contribution < 1.29 is 4.79 Å². The van der Waals surface area contributed by atoms with Crippen molar-refractivity contribution in [2.75, 3.05) is 0 Å². The summed E-state index contributed by atoms with van der Waals surface area (Å²) < 4.78 is 1.75. The van der Waals surface area contributed by atoms with Crippen molar-refractivity contribution in [1.82, 2.24) is 20.1 Å². The summed E-state index contributed by atoms with van der Waals surface area (Å²) >= 11 is 6.64. The van der Waals surface area contributed by atoms with Crippen LogP contribution >= 0.6 is 11.6 Å². The fraction of sp³-hybridized carbons (Fsp3) is 0.174. The summed E-state index contributed by atoms with van der Waals surface area (Å²) in [6.07, 6.45) is 1.52. The predicted octanol–water partition coefficient (Wildman–Crippen LogP) is 5.18. The number of halogens is 1. The molecule has 2 aromatic heterocycles. The van der Waals surface area contributed by atoms with Gasteiger partial charge in [0.25, 0.3) is 5.91 Å². The van der Waals surface area contributed by atoms with Gasteiger partial charge in [-0.3, -0.25) is 4.79 Å². The Bertz CT molecular complexity index is 1180. The van der Waals surface area contributed by atoms with E-state index in [1.54, 1.807) is 4.68 Å². The van der Waals surface area contributed by atoms with Crippen molar-refractivity contribution in [3.63, 3.8) is 0 Å². The monoisotopic (exact) mass is 404 g/mol. The Hall–Kier alpha value is -3.18. The molecular formula is C23H21ClN4O. The molecule has 5 nitrogen and oxygen atoms in total. The SMILES string of the molecule is Cc1ccc(-n2nc(C)c3c(Cl)c(C(=O)N[C@H](C)c4ccccc4)cnc32)cc1. The highest BCUT2D eigenvalue weighted by atomic mass is 35.5. The van der Waals surface area contributed by atoms with Crippen molar-refractivity contribution in [2.24, 2.45) is 0 Å². The van der Waals surface area contributed by atoms with E-state index in [1.165, 1.54) is 11.8 Å². The first-order valence-electron chi connectivity index (χ1n) is 9.42. The zero-order chi connectivity index (χ0) is 20.5. The second-order valence-corrected chi connectivity index (χ2v) is 7.50. The number of hydrogen-bond acceptors (Lipinski definition) is 3. The van der Waals surface area contributed by atoms with E-state index in [-0.39, 0.29) is 11.9 Å². The average Bonchev–Trinajstić information content (AvgIpc) is 3.06. The lowest BCUT2D eigenvalue weighted by Crippen LogP contribution is -2.27. The minimum atomic E-state index is -0.261. The third-order valence-corrected chi connectivity index (χ3v) is 5.37. The molecule has 0 aliphatic carbocycles. The van der Waals surface area contributed by atoms with Crippen molar-refractivity contribution in [3.8, 4) is 5.69 Å². The van der Waals surface area contributed by atoms with Crippen LogP contribution in [-0.4, -0.2) is 20.7 Å². The third kappa shape index (κ3) is 3.61. The molecule has 0 bridgehead atoms. The van der Waals surface area contributed by atoms with Gasteiger partial charge in [-0.25, -0.2) is 9.67 Å². The summed E-state index contributed by atoms with van der Waals surface area (Å²) in [5.41, 5.74) is 4.78. The van der Waals surface area contributed by atoms with Gasteiger partial charge in [0.15, 0.2) is 5.65 Å². The number of aryl methyl sites for hydroxylation is 2. The zero-order valence-electron chi connectivity index (χ0n) is 16.5. The van der Waals surface area contributed by atoms with E-state index in [0.29, 0.717) is 21.6 Å². The molecule has 0 aliphatic heterocycles. The maximum atomic E-state index is 12.9. The number of aromatic nitrogens is 3. The Morgan fingerprint density at radius 1 is 1.07 bits per heavy atom. The van der Waals surface area contributed by atoms with Crippen LogP contribution in [0.15, 0.2) is 60.8 Å². The molecule has 0 radical (unpaired) electrons. The number of rotatable bonds is 4. The van der Waals surface area contributed by atoms with E-state index in [2.05, 4.69) is 15.4 Å². The first kappa shape index (κ1) is 19.2. The summed E-state index contributed by atoms with van der Waals surface area (Å²) in [6.45, 7) is 5.84. The lowest BCUT2D eigenvalue weighted by molar-refractivity contribution is 0.0940. The van der Waals surface area contributed by atoms with Gasteiger partial charge in [-0.05, 0) is 38.5 Å². The molecule has 0 fully saturated rings. The lowest BCUT2D eigenvalue weighted by atomic mass is 10.1. The highest BCUT2D eigenvalue weighted by molar-refractivity contribution is 6.38. The molecule has 1 amide bonds. The smallest absolute Gasteiger partial charge is 0.254 e.